The molecule has 28 heavy (non-hydrogen) atoms. The molecule has 2 rings (SSSR count). The fourth-order valence-electron chi connectivity index (χ4n) is 2.94. The predicted octanol–water partition coefficient (Wildman–Crippen LogP) is 3.43. The quantitative estimate of drug-likeness (QED) is 0.731. The van der Waals surface area contributed by atoms with Gasteiger partial charge >= 0.3 is 0 Å². The number of sulfonamides is 1. The fourth-order valence-corrected chi connectivity index (χ4v) is 4.11. The lowest BCUT2D eigenvalue weighted by molar-refractivity contribution is -0.122. The maximum absolute atomic E-state index is 12.8. The maximum atomic E-state index is 12.8. The molecular formula is C21H28N2O4S. The third-order valence-corrected chi connectivity index (χ3v) is 5.67. The highest BCUT2D eigenvalue weighted by Gasteiger charge is 2.29. The highest BCUT2D eigenvalue weighted by molar-refractivity contribution is 7.92. The first-order chi connectivity index (χ1) is 13.1. The van der Waals surface area contributed by atoms with Crippen LogP contribution in [-0.4, -0.2) is 33.2 Å². The summed E-state index contributed by atoms with van der Waals surface area (Å²) in [7, 11) is -3.63. The summed E-state index contributed by atoms with van der Waals surface area (Å²) in [5, 5.41) is 2.90. The summed E-state index contributed by atoms with van der Waals surface area (Å²) in [4.78, 5) is 12.8. The van der Waals surface area contributed by atoms with Gasteiger partial charge in [-0.05, 0) is 57.5 Å². The summed E-state index contributed by atoms with van der Waals surface area (Å²) in [6.45, 7) is 7.87. The van der Waals surface area contributed by atoms with Crippen LogP contribution >= 0.6 is 0 Å². The van der Waals surface area contributed by atoms with Crippen molar-refractivity contribution in [2.24, 2.45) is 0 Å². The highest BCUT2D eigenvalue weighted by Crippen LogP contribution is 2.22. The number of carbonyl (C=O) groups excluding carboxylic acids is 1. The molecule has 1 N–H and O–H groups in total. The van der Waals surface area contributed by atoms with Crippen molar-refractivity contribution in [1.82, 2.24) is 5.32 Å². The van der Waals surface area contributed by atoms with Gasteiger partial charge in [0, 0.05) is 0 Å². The van der Waals surface area contributed by atoms with E-state index >= 15 is 0 Å². The molecule has 0 radical (unpaired) electrons. The number of ether oxygens (including phenoxy) is 1. The van der Waals surface area contributed by atoms with Crippen LogP contribution < -0.4 is 14.4 Å². The van der Waals surface area contributed by atoms with Crippen molar-refractivity contribution in [3.8, 4) is 5.75 Å². The molecule has 0 aliphatic heterocycles. The zero-order chi connectivity index (χ0) is 20.9. The zero-order valence-corrected chi connectivity index (χ0v) is 17.8. The molecule has 2 unspecified atom stereocenters. The standard InChI is InChI=1S/C21H28N2O4S/c1-6-27-20-13-9-18(10-14-20)16(3)22-21(24)17(4)23(28(5,25)26)19-11-7-15(2)8-12-19/h7-14,16-17H,6H2,1-5H3,(H,22,24). The number of hydrogen-bond donors (Lipinski definition) is 1. The first kappa shape index (κ1) is 21.8. The largest absolute Gasteiger partial charge is 0.494 e. The molecule has 7 heteroatoms. The van der Waals surface area contributed by atoms with Gasteiger partial charge in [0.05, 0.1) is 24.6 Å². The molecule has 0 bridgehead atoms. The van der Waals surface area contributed by atoms with Crippen molar-refractivity contribution >= 4 is 21.6 Å². The second-order valence-corrected chi connectivity index (χ2v) is 8.66. The monoisotopic (exact) mass is 404 g/mol. The SMILES string of the molecule is CCOc1ccc(C(C)NC(=O)C(C)N(c2ccc(C)cc2)S(C)(=O)=O)cc1. The lowest BCUT2D eigenvalue weighted by Gasteiger charge is -2.29. The fraction of sp³-hybridized carbons (Fsp3) is 0.381. The summed E-state index contributed by atoms with van der Waals surface area (Å²) in [6.07, 6.45) is 1.10. The first-order valence-corrected chi connectivity index (χ1v) is 11.1. The van der Waals surface area contributed by atoms with Crippen LogP contribution in [0.5, 0.6) is 5.75 Å². The minimum Gasteiger partial charge on any atom is -0.494 e. The van der Waals surface area contributed by atoms with E-state index in [4.69, 9.17) is 4.74 Å². The van der Waals surface area contributed by atoms with Crippen molar-refractivity contribution < 1.29 is 17.9 Å². The lowest BCUT2D eigenvalue weighted by atomic mass is 10.1. The van der Waals surface area contributed by atoms with E-state index < -0.39 is 16.1 Å². The van der Waals surface area contributed by atoms with Crippen molar-refractivity contribution in [2.75, 3.05) is 17.2 Å². The minimum absolute atomic E-state index is 0.273. The van der Waals surface area contributed by atoms with Crippen LogP contribution in [0.3, 0.4) is 0 Å². The molecular weight excluding hydrogens is 376 g/mol. The van der Waals surface area contributed by atoms with E-state index in [9.17, 15) is 13.2 Å². The molecule has 0 heterocycles. The van der Waals surface area contributed by atoms with E-state index in [-0.39, 0.29) is 11.9 Å². The molecule has 0 aliphatic rings. The minimum atomic E-state index is -3.63. The molecule has 2 aromatic carbocycles. The molecule has 152 valence electrons. The predicted molar refractivity (Wildman–Crippen MR) is 112 cm³/mol. The van der Waals surface area contributed by atoms with Gasteiger partial charge in [-0.25, -0.2) is 8.42 Å². The summed E-state index contributed by atoms with van der Waals surface area (Å²) in [5.41, 5.74) is 2.38. The summed E-state index contributed by atoms with van der Waals surface area (Å²) in [5.74, 6) is 0.396. The van der Waals surface area contributed by atoms with E-state index in [2.05, 4.69) is 5.32 Å². The molecule has 2 aromatic rings. The number of rotatable bonds is 8. The van der Waals surface area contributed by atoms with Gasteiger partial charge in [0.25, 0.3) is 0 Å². The third-order valence-electron chi connectivity index (χ3n) is 4.43. The number of amides is 1. The van der Waals surface area contributed by atoms with E-state index in [1.807, 2.05) is 57.2 Å². The van der Waals surface area contributed by atoms with Crippen molar-refractivity contribution in [3.63, 3.8) is 0 Å². The van der Waals surface area contributed by atoms with Gasteiger partial charge in [0.15, 0.2) is 0 Å². The topological polar surface area (TPSA) is 75.7 Å². The summed E-state index contributed by atoms with van der Waals surface area (Å²) >= 11 is 0. The van der Waals surface area contributed by atoms with Gasteiger partial charge in [-0.15, -0.1) is 0 Å². The molecule has 0 aliphatic carbocycles. The van der Waals surface area contributed by atoms with Crippen LogP contribution in [0.4, 0.5) is 5.69 Å². The van der Waals surface area contributed by atoms with Gasteiger partial charge in [0.1, 0.15) is 11.8 Å². The number of benzene rings is 2. The Morgan fingerprint density at radius 3 is 2.14 bits per heavy atom. The van der Waals surface area contributed by atoms with Crippen LogP contribution in [-0.2, 0) is 14.8 Å². The van der Waals surface area contributed by atoms with E-state index in [0.29, 0.717) is 12.3 Å². The van der Waals surface area contributed by atoms with Gasteiger partial charge in [0.2, 0.25) is 15.9 Å². The number of aryl methyl sites for hydroxylation is 1. The number of carbonyl (C=O) groups is 1. The number of nitrogens with zero attached hydrogens (tertiary/aromatic N) is 1. The number of anilines is 1. The van der Waals surface area contributed by atoms with E-state index in [1.165, 1.54) is 0 Å². The normalized spacial score (nSPS) is 13.5. The zero-order valence-electron chi connectivity index (χ0n) is 17.0. The smallest absolute Gasteiger partial charge is 0.244 e. The van der Waals surface area contributed by atoms with E-state index in [0.717, 1.165) is 27.4 Å². The average Bonchev–Trinajstić information content (AvgIpc) is 2.63. The molecule has 2 atom stereocenters. The number of nitrogens with one attached hydrogen (secondary N) is 1. The molecule has 0 saturated carbocycles. The van der Waals surface area contributed by atoms with Crippen LogP contribution in [0.15, 0.2) is 48.5 Å². The lowest BCUT2D eigenvalue weighted by Crippen LogP contribution is -2.48. The van der Waals surface area contributed by atoms with Gasteiger partial charge in [-0.1, -0.05) is 29.8 Å². The Morgan fingerprint density at radius 2 is 1.64 bits per heavy atom. The van der Waals surface area contributed by atoms with Crippen LogP contribution in [0, 0.1) is 6.92 Å². The Balaban J connectivity index is 2.17. The Kier molecular flexibility index (Phi) is 7.07. The Hall–Kier alpha value is -2.54. The van der Waals surface area contributed by atoms with Crippen LogP contribution in [0.25, 0.3) is 0 Å². The molecule has 0 fully saturated rings. The maximum Gasteiger partial charge on any atom is 0.244 e. The average molecular weight is 405 g/mol. The van der Waals surface area contributed by atoms with Crippen molar-refractivity contribution in [2.45, 2.75) is 39.8 Å². The molecule has 0 spiro atoms. The van der Waals surface area contributed by atoms with E-state index in [1.54, 1.807) is 19.1 Å². The Labute approximate surface area is 167 Å². The Bertz CT molecular complexity index is 893. The summed E-state index contributed by atoms with van der Waals surface area (Å²) in [6, 6.07) is 13.4. The van der Waals surface area contributed by atoms with Crippen LogP contribution in [0.1, 0.15) is 37.9 Å². The second-order valence-electron chi connectivity index (χ2n) is 6.80. The Morgan fingerprint density at radius 1 is 1.07 bits per heavy atom. The van der Waals surface area contributed by atoms with Gasteiger partial charge < -0.3 is 10.1 Å². The van der Waals surface area contributed by atoms with Gasteiger partial charge in [-0.3, -0.25) is 9.10 Å². The molecule has 6 nitrogen and oxygen atoms in total. The second kappa shape index (κ2) is 9.10. The van der Waals surface area contributed by atoms with Crippen LogP contribution in [0.2, 0.25) is 0 Å². The van der Waals surface area contributed by atoms with Crippen molar-refractivity contribution in [1.29, 1.82) is 0 Å². The molecule has 1 amide bonds. The van der Waals surface area contributed by atoms with Crippen molar-refractivity contribution in [3.05, 3.63) is 59.7 Å². The molecule has 0 aromatic heterocycles. The number of hydrogen-bond acceptors (Lipinski definition) is 4. The molecule has 0 saturated heterocycles. The van der Waals surface area contributed by atoms with Gasteiger partial charge in [-0.2, -0.15) is 0 Å². The first-order valence-electron chi connectivity index (χ1n) is 9.22. The summed E-state index contributed by atoms with van der Waals surface area (Å²) < 4.78 is 31.3. The third kappa shape index (κ3) is 5.48. The highest BCUT2D eigenvalue weighted by atomic mass is 32.2.